The van der Waals surface area contributed by atoms with Crippen molar-refractivity contribution in [3.8, 4) is 5.75 Å². The third-order valence-corrected chi connectivity index (χ3v) is 5.74. The van der Waals surface area contributed by atoms with Gasteiger partial charge >= 0.3 is 6.18 Å². The molecule has 1 nitrogen and oxygen atoms in total. The lowest BCUT2D eigenvalue weighted by molar-refractivity contribution is -0.137. The molecule has 0 bridgehead atoms. The summed E-state index contributed by atoms with van der Waals surface area (Å²) in [5.74, 6) is 0.751. The van der Waals surface area contributed by atoms with Crippen LogP contribution in [0.1, 0.15) is 84.6 Å². The Kier molecular flexibility index (Phi) is 11.0. The molecule has 0 atom stereocenters. The molecule has 0 aliphatic rings. The molecule has 0 heterocycles. The molecular formula is C32H42F4O. The van der Waals surface area contributed by atoms with Crippen LogP contribution < -0.4 is 4.74 Å². The van der Waals surface area contributed by atoms with E-state index in [4.69, 9.17) is 4.74 Å². The van der Waals surface area contributed by atoms with Crippen LogP contribution >= 0.6 is 0 Å². The normalized spacial score (nSPS) is 12.1. The average Bonchev–Trinajstić information content (AvgIpc) is 2.78. The maximum Gasteiger partial charge on any atom is 0.416 e. The van der Waals surface area contributed by atoms with Gasteiger partial charge in [-0.3, -0.25) is 0 Å². The van der Waals surface area contributed by atoms with Gasteiger partial charge in [0.05, 0.1) is 12.7 Å². The zero-order valence-electron chi connectivity index (χ0n) is 23.8. The monoisotopic (exact) mass is 518 g/mol. The fraction of sp³-hybridized carbons (Fsp3) is 0.438. The molecule has 0 unspecified atom stereocenters. The van der Waals surface area contributed by atoms with Crippen LogP contribution in [0.4, 0.5) is 17.6 Å². The minimum Gasteiger partial charge on any atom is -0.497 e. The first-order valence-electron chi connectivity index (χ1n) is 12.3. The van der Waals surface area contributed by atoms with E-state index < -0.39 is 11.7 Å². The molecule has 5 heteroatoms. The van der Waals surface area contributed by atoms with Crippen LogP contribution in [-0.2, 0) is 22.4 Å². The highest BCUT2D eigenvalue weighted by Crippen LogP contribution is 2.31. The minimum atomic E-state index is -4.24. The predicted molar refractivity (Wildman–Crippen MR) is 147 cm³/mol. The molecule has 0 aliphatic carbocycles. The number of alkyl halides is 3. The topological polar surface area (TPSA) is 9.23 Å². The lowest BCUT2D eigenvalue weighted by atomic mass is 9.87. The standard InChI is InChI=1S/C11H13F3.C11H16O.C10H13F/c1-10(2,3)8-4-6-9(7-5-8)11(12,13)14;1-11(2,3)9-5-7-10(12-4)8-6-9;1-10(2,3)8-4-6-9(11)7-5-8/h4-7H,1-3H3;5-8H,1-4H3;4-7H,1-3H3. The highest BCUT2D eigenvalue weighted by atomic mass is 19.4. The van der Waals surface area contributed by atoms with Crippen molar-refractivity contribution in [2.24, 2.45) is 0 Å². The van der Waals surface area contributed by atoms with Crippen LogP contribution in [0, 0.1) is 5.82 Å². The lowest BCUT2D eigenvalue weighted by Crippen LogP contribution is -2.12. The highest BCUT2D eigenvalue weighted by molar-refractivity contribution is 5.31. The summed E-state index contributed by atoms with van der Waals surface area (Å²) in [6.45, 7) is 18.8. The first-order chi connectivity index (χ1) is 16.7. The van der Waals surface area contributed by atoms with Crippen LogP contribution in [0.3, 0.4) is 0 Å². The van der Waals surface area contributed by atoms with Gasteiger partial charge in [-0.25, -0.2) is 4.39 Å². The van der Waals surface area contributed by atoms with Gasteiger partial charge in [0.2, 0.25) is 0 Å². The third kappa shape index (κ3) is 11.4. The summed E-state index contributed by atoms with van der Waals surface area (Å²) < 4.78 is 54.2. The lowest BCUT2D eigenvalue weighted by Gasteiger charge is -2.19. The summed E-state index contributed by atoms with van der Waals surface area (Å²) in [7, 11) is 1.69. The number of hydrogen-bond acceptors (Lipinski definition) is 1. The van der Waals surface area contributed by atoms with Crippen LogP contribution in [0.2, 0.25) is 0 Å². The molecule has 0 aromatic heterocycles. The van der Waals surface area contributed by atoms with Crippen LogP contribution in [0.25, 0.3) is 0 Å². The Morgan fingerprint density at radius 3 is 1.00 bits per heavy atom. The first-order valence-corrected chi connectivity index (χ1v) is 12.3. The second kappa shape index (κ2) is 12.6. The van der Waals surface area contributed by atoms with Crippen LogP contribution in [0.5, 0.6) is 5.75 Å². The van der Waals surface area contributed by atoms with E-state index in [0.29, 0.717) is 0 Å². The summed E-state index contributed by atoms with van der Waals surface area (Å²) in [6.07, 6.45) is -4.24. The molecule has 0 aliphatic heterocycles. The van der Waals surface area contributed by atoms with E-state index in [-0.39, 0.29) is 22.1 Å². The van der Waals surface area contributed by atoms with Gasteiger partial charge in [-0.1, -0.05) is 98.7 Å². The molecule has 0 radical (unpaired) electrons. The molecule has 3 aromatic carbocycles. The number of hydrogen-bond donors (Lipinski definition) is 0. The van der Waals surface area contributed by atoms with Crippen molar-refractivity contribution in [2.45, 2.75) is 84.7 Å². The Hall–Kier alpha value is -2.82. The Balaban J connectivity index is 0.000000280. The molecule has 0 spiro atoms. The van der Waals surface area contributed by atoms with Gasteiger partial charge in [0.25, 0.3) is 0 Å². The van der Waals surface area contributed by atoms with E-state index >= 15 is 0 Å². The molecule has 204 valence electrons. The van der Waals surface area contributed by atoms with E-state index in [1.165, 1.54) is 35.4 Å². The summed E-state index contributed by atoms with van der Waals surface area (Å²) in [6, 6.07) is 20.2. The van der Waals surface area contributed by atoms with Gasteiger partial charge in [-0.2, -0.15) is 13.2 Å². The molecule has 0 fully saturated rings. The van der Waals surface area contributed by atoms with Gasteiger partial charge in [0.1, 0.15) is 11.6 Å². The molecule has 0 N–H and O–H groups in total. The zero-order chi connectivity index (χ0) is 28.7. The summed E-state index contributed by atoms with van der Waals surface area (Å²) in [5, 5.41) is 0. The van der Waals surface area contributed by atoms with Crippen molar-refractivity contribution in [3.05, 3.63) is 101 Å². The second-order valence-electron chi connectivity index (χ2n) is 12.1. The van der Waals surface area contributed by atoms with Crippen molar-refractivity contribution in [1.82, 2.24) is 0 Å². The summed E-state index contributed by atoms with van der Waals surface area (Å²) in [5.41, 5.74) is 3.06. The molecular weight excluding hydrogens is 476 g/mol. The third-order valence-electron chi connectivity index (χ3n) is 5.74. The average molecular weight is 519 g/mol. The maximum atomic E-state index is 12.5. The van der Waals surface area contributed by atoms with Gasteiger partial charge in [-0.15, -0.1) is 0 Å². The summed E-state index contributed by atoms with van der Waals surface area (Å²) >= 11 is 0. The fourth-order valence-electron chi connectivity index (χ4n) is 3.20. The Morgan fingerprint density at radius 1 is 0.459 bits per heavy atom. The Labute approximate surface area is 220 Å². The van der Waals surface area contributed by atoms with E-state index in [2.05, 4.69) is 53.7 Å². The van der Waals surface area contributed by atoms with Crippen molar-refractivity contribution in [2.75, 3.05) is 7.11 Å². The van der Waals surface area contributed by atoms with Gasteiger partial charge in [0.15, 0.2) is 0 Å². The number of rotatable bonds is 1. The molecule has 0 amide bonds. The first kappa shape index (κ1) is 32.2. The predicted octanol–water partition coefficient (Wildman–Crippen LogP) is 10.1. The molecule has 0 saturated heterocycles. The number of ether oxygens (including phenoxy) is 1. The van der Waals surface area contributed by atoms with Crippen molar-refractivity contribution >= 4 is 0 Å². The van der Waals surface area contributed by atoms with Gasteiger partial charge in [0, 0.05) is 0 Å². The van der Waals surface area contributed by atoms with E-state index in [1.807, 2.05) is 45.0 Å². The van der Waals surface area contributed by atoms with Crippen molar-refractivity contribution in [1.29, 1.82) is 0 Å². The fourth-order valence-corrected chi connectivity index (χ4v) is 3.20. The largest absolute Gasteiger partial charge is 0.497 e. The smallest absolute Gasteiger partial charge is 0.416 e. The van der Waals surface area contributed by atoms with E-state index in [1.54, 1.807) is 7.11 Å². The second-order valence-corrected chi connectivity index (χ2v) is 12.1. The van der Waals surface area contributed by atoms with Gasteiger partial charge < -0.3 is 4.74 Å². The van der Waals surface area contributed by atoms with E-state index in [9.17, 15) is 17.6 Å². The molecule has 3 rings (SSSR count). The van der Waals surface area contributed by atoms with E-state index in [0.717, 1.165) is 23.4 Å². The number of halogens is 4. The quantitative estimate of drug-likeness (QED) is 0.291. The summed E-state index contributed by atoms with van der Waals surface area (Å²) in [4.78, 5) is 0. The SMILES string of the molecule is CC(C)(C)c1ccc(C(F)(F)F)cc1.CC(C)(C)c1ccc(F)cc1.COc1ccc(C(C)(C)C)cc1. The Bertz CT molecular complexity index is 1030. The number of methoxy groups -OCH3 is 1. The molecule has 0 saturated carbocycles. The molecule has 3 aromatic rings. The van der Waals surface area contributed by atoms with Gasteiger partial charge in [-0.05, 0) is 69.3 Å². The Morgan fingerprint density at radius 2 is 0.730 bits per heavy atom. The van der Waals surface area contributed by atoms with Crippen molar-refractivity contribution < 1.29 is 22.3 Å². The van der Waals surface area contributed by atoms with Crippen LogP contribution in [0.15, 0.2) is 72.8 Å². The maximum absolute atomic E-state index is 12.5. The highest BCUT2D eigenvalue weighted by Gasteiger charge is 2.30. The zero-order valence-corrected chi connectivity index (χ0v) is 23.8. The number of benzene rings is 3. The van der Waals surface area contributed by atoms with Crippen LogP contribution in [-0.4, -0.2) is 7.11 Å². The van der Waals surface area contributed by atoms with Crippen molar-refractivity contribution in [3.63, 3.8) is 0 Å². The minimum absolute atomic E-state index is 0.107. The molecule has 37 heavy (non-hydrogen) atoms.